The van der Waals surface area contributed by atoms with E-state index in [2.05, 4.69) is 21.2 Å². The lowest BCUT2D eigenvalue weighted by Gasteiger charge is -2.35. The molecule has 0 aliphatic rings. The van der Waals surface area contributed by atoms with E-state index in [0.717, 1.165) is 19.9 Å². The fraction of sp³-hybridized carbons (Fsp3) is 0.235. The third-order valence-corrected chi connectivity index (χ3v) is 9.90. The number of anilines is 1. The van der Waals surface area contributed by atoms with Crippen LogP contribution in [-0.2, 0) is 32.6 Å². The van der Waals surface area contributed by atoms with Crippen molar-refractivity contribution < 1.29 is 18.0 Å². The summed E-state index contributed by atoms with van der Waals surface area (Å²) in [5, 5.41) is 3.13. The molecule has 0 saturated heterocycles. The molecule has 7 nitrogen and oxygen atoms in total. The summed E-state index contributed by atoms with van der Waals surface area (Å²) >= 11 is 16.4. The van der Waals surface area contributed by atoms with Crippen LogP contribution in [-0.4, -0.2) is 43.3 Å². The SMILES string of the molecule is CC(C)(C)NC(=O)C(Cc1ccccc1)N(Cc1cccc(Br)c1)C(=O)CN(c1cccc(Cl)c1Cl)S(=O)(=O)c1ccccc1. The van der Waals surface area contributed by atoms with Crippen LogP contribution in [0.1, 0.15) is 31.9 Å². The summed E-state index contributed by atoms with van der Waals surface area (Å²) < 4.78 is 30.0. The van der Waals surface area contributed by atoms with Crippen molar-refractivity contribution in [2.45, 2.75) is 50.2 Å². The Balaban J connectivity index is 1.84. The number of carbonyl (C=O) groups excluding carboxylic acids is 2. The molecule has 2 amide bonds. The number of rotatable bonds is 11. The van der Waals surface area contributed by atoms with Gasteiger partial charge in [0.2, 0.25) is 11.8 Å². The number of hydrogen-bond acceptors (Lipinski definition) is 4. The van der Waals surface area contributed by atoms with Crippen molar-refractivity contribution in [3.05, 3.63) is 129 Å². The molecule has 1 atom stereocenters. The van der Waals surface area contributed by atoms with Crippen molar-refractivity contribution in [2.75, 3.05) is 10.8 Å². The zero-order chi connectivity index (χ0) is 32.8. The smallest absolute Gasteiger partial charge is 0.264 e. The van der Waals surface area contributed by atoms with Gasteiger partial charge in [-0.1, -0.05) is 106 Å². The van der Waals surface area contributed by atoms with Crippen LogP contribution in [0.4, 0.5) is 5.69 Å². The lowest BCUT2D eigenvalue weighted by atomic mass is 10.0. The summed E-state index contributed by atoms with van der Waals surface area (Å²) in [5.74, 6) is -0.969. The average molecular weight is 732 g/mol. The molecule has 4 aromatic rings. The monoisotopic (exact) mass is 729 g/mol. The first-order valence-corrected chi connectivity index (χ1v) is 17.2. The molecule has 0 bridgehead atoms. The Morgan fingerprint density at radius 2 is 1.44 bits per heavy atom. The predicted octanol–water partition coefficient (Wildman–Crippen LogP) is 7.51. The van der Waals surface area contributed by atoms with Crippen LogP contribution in [0.15, 0.2) is 112 Å². The first kappa shape index (κ1) is 34.5. The molecule has 0 aromatic heterocycles. The largest absolute Gasteiger partial charge is 0.350 e. The summed E-state index contributed by atoms with van der Waals surface area (Å²) in [6, 6.07) is 28.2. The van der Waals surface area contributed by atoms with Gasteiger partial charge in [-0.15, -0.1) is 0 Å². The molecule has 0 aliphatic heterocycles. The van der Waals surface area contributed by atoms with Gasteiger partial charge in [-0.3, -0.25) is 13.9 Å². The average Bonchev–Trinajstić information content (AvgIpc) is 2.99. The molecule has 1 N–H and O–H groups in total. The van der Waals surface area contributed by atoms with E-state index in [9.17, 15) is 18.0 Å². The van der Waals surface area contributed by atoms with Gasteiger partial charge in [0.25, 0.3) is 10.0 Å². The Bertz CT molecular complexity index is 1750. The van der Waals surface area contributed by atoms with Crippen LogP contribution in [0.25, 0.3) is 0 Å². The Labute approximate surface area is 283 Å². The molecule has 236 valence electrons. The van der Waals surface area contributed by atoms with Crippen LogP contribution in [0.5, 0.6) is 0 Å². The van der Waals surface area contributed by atoms with Crippen molar-refractivity contribution in [1.29, 1.82) is 0 Å². The molecule has 0 heterocycles. The number of amides is 2. The minimum Gasteiger partial charge on any atom is -0.350 e. The number of benzene rings is 4. The Morgan fingerprint density at radius 3 is 2.07 bits per heavy atom. The predicted molar refractivity (Wildman–Crippen MR) is 184 cm³/mol. The van der Waals surface area contributed by atoms with Gasteiger partial charge in [0.15, 0.2) is 0 Å². The summed E-state index contributed by atoms with van der Waals surface area (Å²) in [6.07, 6.45) is 0.200. The maximum atomic E-state index is 14.5. The van der Waals surface area contributed by atoms with E-state index >= 15 is 0 Å². The van der Waals surface area contributed by atoms with E-state index in [1.165, 1.54) is 29.2 Å². The first-order chi connectivity index (χ1) is 21.3. The summed E-state index contributed by atoms with van der Waals surface area (Å²) in [6.45, 7) is 4.98. The van der Waals surface area contributed by atoms with E-state index in [-0.39, 0.29) is 39.5 Å². The summed E-state index contributed by atoms with van der Waals surface area (Å²) in [4.78, 5) is 29.9. The van der Waals surface area contributed by atoms with Crippen molar-refractivity contribution in [1.82, 2.24) is 10.2 Å². The maximum absolute atomic E-state index is 14.5. The first-order valence-electron chi connectivity index (χ1n) is 14.2. The quantitative estimate of drug-likeness (QED) is 0.173. The van der Waals surface area contributed by atoms with Crippen LogP contribution in [0, 0.1) is 0 Å². The minimum atomic E-state index is -4.30. The zero-order valence-corrected chi connectivity index (χ0v) is 29.0. The molecular weight excluding hydrogens is 697 g/mol. The second-order valence-corrected chi connectivity index (χ2v) is 15.1. The van der Waals surface area contributed by atoms with Gasteiger partial charge < -0.3 is 10.2 Å². The fourth-order valence-corrected chi connectivity index (χ4v) is 7.10. The van der Waals surface area contributed by atoms with Crippen LogP contribution in [0.2, 0.25) is 10.0 Å². The highest BCUT2D eigenvalue weighted by molar-refractivity contribution is 9.10. The lowest BCUT2D eigenvalue weighted by Crippen LogP contribution is -2.56. The Hall–Kier alpha value is -3.37. The molecule has 0 radical (unpaired) electrons. The summed E-state index contributed by atoms with van der Waals surface area (Å²) in [5.41, 5.74) is 1.04. The Kier molecular flexibility index (Phi) is 11.4. The van der Waals surface area contributed by atoms with Crippen molar-refractivity contribution in [3.8, 4) is 0 Å². The lowest BCUT2D eigenvalue weighted by molar-refractivity contribution is -0.140. The second-order valence-electron chi connectivity index (χ2n) is 11.5. The molecule has 11 heteroatoms. The molecule has 0 aliphatic carbocycles. The van der Waals surface area contributed by atoms with Crippen molar-refractivity contribution in [3.63, 3.8) is 0 Å². The van der Waals surface area contributed by atoms with Crippen LogP contribution < -0.4 is 9.62 Å². The number of carbonyl (C=O) groups is 2. The number of halogens is 3. The zero-order valence-electron chi connectivity index (χ0n) is 25.1. The second kappa shape index (κ2) is 14.8. The van der Waals surface area contributed by atoms with Gasteiger partial charge in [-0.2, -0.15) is 0 Å². The maximum Gasteiger partial charge on any atom is 0.264 e. The van der Waals surface area contributed by atoms with Gasteiger partial charge in [-0.05, 0) is 68.3 Å². The number of nitrogens with one attached hydrogen (secondary N) is 1. The van der Waals surface area contributed by atoms with Gasteiger partial charge in [0.1, 0.15) is 12.6 Å². The molecule has 1 unspecified atom stereocenters. The molecule has 4 rings (SSSR count). The molecule has 4 aromatic carbocycles. The topological polar surface area (TPSA) is 86.8 Å². The molecule has 0 spiro atoms. The number of nitrogens with zero attached hydrogens (tertiary/aromatic N) is 2. The van der Waals surface area contributed by atoms with E-state index in [0.29, 0.717) is 0 Å². The normalized spacial score (nSPS) is 12.3. The highest BCUT2D eigenvalue weighted by Crippen LogP contribution is 2.35. The highest BCUT2D eigenvalue weighted by atomic mass is 79.9. The van der Waals surface area contributed by atoms with E-state index in [1.54, 1.807) is 24.3 Å². The molecule has 45 heavy (non-hydrogen) atoms. The number of sulfonamides is 1. The third kappa shape index (κ3) is 9.10. The fourth-order valence-electron chi connectivity index (χ4n) is 4.76. The van der Waals surface area contributed by atoms with E-state index in [1.807, 2.05) is 75.4 Å². The highest BCUT2D eigenvalue weighted by Gasteiger charge is 2.36. The Morgan fingerprint density at radius 1 is 0.844 bits per heavy atom. The summed E-state index contributed by atoms with van der Waals surface area (Å²) in [7, 11) is -4.30. The minimum absolute atomic E-state index is 0.0173. The molecule has 0 saturated carbocycles. The third-order valence-electron chi connectivity index (χ3n) is 6.82. The van der Waals surface area contributed by atoms with Crippen LogP contribution in [0.3, 0.4) is 0 Å². The van der Waals surface area contributed by atoms with Gasteiger partial charge in [0, 0.05) is 23.0 Å². The number of hydrogen-bond donors (Lipinski definition) is 1. The van der Waals surface area contributed by atoms with Gasteiger partial charge >= 0.3 is 0 Å². The molecule has 0 fully saturated rings. The van der Waals surface area contributed by atoms with Crippen molar-refractivity contribution in [2.24, 2.45) is 0 Å². The van der Waals surface area contributed by atoms with E-state index in [4.69, 9.17) is 23.2 Å². The van der Waals surface area contributed by atoms with E-state index < -0.39 is 34.1 Å². The molecular formula is C34H34BrCl2N3O4S. The van der Waals surface area contributed by atoms with Gasteiger partial charge in [0.05, 0.1) is 20.6 Å². The van der Waals surface area contributed by atoms with Crippen molar-refractivity contribution >= 4 is 66.7 Å². The van der Waals surface area contributed by atoms with Crippen LogP contribution >= 0.6 is 39.1 Å². The van der Waals surface area contributed by atoms with Gasteiger partial charge in [-0.25, -0.2) is 8.42 Å². The standard InChI is InChI=1S/C34H34BrCl2N3O4S/c1-34(2,3)38-33(42)30(21-24-12-6-4-7-13-24)39(22-25-14-10-15-26(35)20-25)31(41)23-40(29-19-11-18-28(36)32(29)37)45(43,44)27-16-8-5-9-17-27/h4-20,30H,21-23H2,1-3H3,(H,38,42).